The van der Waals surface area contributed by atoms with Gasteiger partial charge in [-0.05, 0) is 128 Å². The zero-order valence-corrected chi connectivity index (χ0v) is 28.1. The number of hydrogen-bond acceptors (Lipinski definition) is 8. The first-order valence-corrected chi connectivity index (χ1v) is 17.1. The molecular weight excluding hydrogens is 583 g/mol. The van der Waals surface area contributed by atoms with Gasteiger partial charge in [-0.25, -0.2) is 9.37 Å². The van der Waals surface area contributed by atoms with Crippen LogP contribution < -0.4 is 9.64 Å². The van der Waals surface area contributed by atoms with Crippen molar-refractivity contribution < 1.29 is 18.7 Å². The van der Waals surface area contributed by atoms with E-state index in [-0.39, 0.29) is 40.0 Å². The van der Waals surface area contributed by atoms with Gasteiger partial charge in [-0.3, -0.25) is 9.59 Å². The van der Waals surface area contributed by atoms with Crippen molar-refractivity contribution in [2.24, 2.45) is 16.7 Å². The van der Waals surface area contributed by atoms with Gasteiger partial charge in [0.05, 0.1) is 5.56 Å². The second kappa shape index (κ2) is 13.0. The fraction of sp³-hybridized carbons (Fsp3) is 0.639. The maximum atomic E-state index is 14.3. The van der Waals surface area contributed by atoms with Gasteiger partial charge in [0.25, 0.3) is 11.8 Å². The number of halogens is 1. The van der Waals surface area contributed by atoms with Crippen LogP contribution in [0.5, 0.6) is 11.6 Å². The lowest BCUT2D eigenvalue weighted by Crippen LogP contribution is -2.61. The zero-order valence-electron chi connectivity index (χ0n) is 28.1. The predicted molar refractivity (Wildman–Crippen MR) is 175 cm³/mol. The number of rotatable bonds is 8. The largest absolute Gasteiger partial charge is 0.434 e. The summed E-state index contributed by atoms with van der Waals surface area (Å²) < 4.78 is 20.4. The molecule has 2 aliphatic heterocycles. The number of ether oxygens (including phenoxy) is 1. The van der Waals surface area contributed by atoms with E-state index in [1.165, 1.54) is 55.8 Å². The number of piperidine rings is 1. The zero-order chi connectivity index (χ0) is 32.6. The molecule has 1 aromatic heterocycles. The first kappa shape index (κ1) is 32.5. The number of carbonyl (C=O) groups is 2. The molecule has 2 saturated carbocycles. The van der Waals surface area contributed by atoms with Crippen LogP contribution in [0.4, 0.5) is 10.2 Å². The SMILES string of the molecule is CCN(C(=O)c1cc(F)ccc1Oc1nncnc1N1CC2(CCN(CC3CCC4(CC3)CC(=O)C(=C(C)C)C4)CC2)C1)C(C)C. The van der Waals surface area contributed by atoms with E-state index in [2.05, 4.69) is 38.8 Å². The minimum Gasteiger partial charge on any atom is -0.434 e. The summed E-state index contributed by atoms with van der Waals surface area (Å²) in [5.41, 5.74) is 2.95. The summed E-state index contributed by atoms with van der Waals surface area (Å²) in [5, 5.41) is 8.18. The van der Waals surface area contributed by atoms with Crippen LogP contribution in [0.2, 0.25) is 0 Å². The van der Waals surface area contributed by atoms with Crippen molar-refractivity contribution in [3.05, 3.63) is 47.1 Å². The van der Waals surface area contributed by atoms with Gasteiger partial charge in [-0.1, -0.05) is 5.57 Å². The van der Waals surface area contributed by atoms with Crippen LogP contribution in [-0.4, -0.2) is 82.0 Å². The van der Waals surface area contributed by atoms with Crippen LogP contribution in [0, 0.1) is 22.6 Å². The van der Waals surface area contributed by atoms with Gasteiger partial charge in [-0.2, -0.15) is 0 Å². The van der Waals surface area contributed by atoms with Gasteiger partial charge in [0, 0.05) is 44.1 Å². The number of amides is 1. The van der Waals surface area contributed by atoms with Gasteiger partial charge >= 0.3 is 0 Å². The Hall–Kier alpha value is -3.40. The first-order chi connectivity index (χ1) is 22.0. The third-order valence-electron chi connectivity index (χ3n) is 11.2. The van der Waals surface area contributed by atoms with Gasteiger partial charge in [0.15, 0.2) is 11.6 Å². The second-order valence-corrected chi connectivity index (χ2v) is 14.9. The molecule has 3 heterocycles. The van der Waals surface area contributed by atoms with Crippen molar-refractivity contribution in [2.75, 3.05) is 44.2 Å². The molecule has 4 aliphatic rings. The van der Waals surface area contributed by atoms with E-state index in [1.807, 2.05) is 20.8 Å². The van der Waals surface area contributed by atoms with Gasteiger partial charge in [0.1, 0.15) is 17.9 Å². The highest BCUT2D eigenvalue weighted by Crippen LogP contribution is 2.52. The van der Waals surface area contributed by atoms with Crippen LogP contribution >= 0.6 is 0 Å². The number of allylic oxidation sites excluding steroid dienone is 2. The van der Waals surface area contributed by atoms with E-state index in [1.54, 1.807) is 4.90 Å². The highest BCUT2D eigenvalue weighted by atomic mass is 19.1. The van der Waals surface area contributed by atoms with E-state index in [0.717, 1.165) is 69.9 Å². The lowest BCUT2D eigenvalue weighted by molar-refractivity contribution is -0.115. The summed E-state index contributed by atoms with van der Waals surface area (Å²) in [5.74, 6) is 1.38. The summed E-state index contributed by atoms with van der Waals surface area (Å²) in [4.78, 5) is 36.9. The molecule has 1 aromatic carbocycles. The molecule has 46 heavy (non-hydrogen) atoms. The quantitative estimate of drug-likeness (QED) is 0.307. The summed E-state index contributed by atoms with van der Waals surface area (Å²) in [6, 6.07) is 3.94. The Morgan fingerprint density at radius 1 is 1.09 bits per heavy atom. The summed E-state index contributed by atoms with van der Waals surface area (Å²) >= 11 is 0. The van der Waals surface area contributed by atoms with Crippen molar-refractivity contribution in [1.29, 1.82) is 0 Å². The molecule has 2 aliphatic carbocycles. The van der Waals surface area contributed by atoms with Gasteiger partial charge < -0.3 is 19.4 Å². The van der Waals surface area contributed by atoms with Crippen molar-refractivity contribution in [1.82, 2.24) is 25.0 Å². The lowest BCUT2D eigenvalue weighted by atomic mass is 9.68. The average molecular weight is 633 g/mol. The highest BCUT2D eigenvalue weighted by Gasteiger charge is 2.47. The van der Waals surface area contributed by atoms with E-state index < -0.39 is 5.82 Å². The Kier molecular flexibility index (Phi) is 9.20. The smallest absolute Gasteiger partial charge is 0.282 e. The number of Topliss-reactive ketones (excluding diaryl/α,β-unsaturated/α-hetero) is 1. The fourth-order valence-electron chi connectivity index (χ4n) is 8.37. The van der Waals surface area contributed by atoms with Gasteiger partial charge in [-0.15, -0.1) is 10.2 Å². The Labute approximate surface area is 272 Å². The maximum absolute atomic E-state index is 14.3. The van der Waals surface area contributed by atoms with Crippen molar-refractivity contribution >= 4 is 17.5 Å². The molecule has 10 heteroatoms. The summed E-state index contributed by atoms with van der Waals surface area (Å²) in [6.07, 6.45) is 10.3. The third-order valence-corrected chi connectivity index (χ3v) is 11.2. The second-order valence-electron chi connectivity index (χ2n) is 14.9. The Bertz CT molecular complexity index is 1480. The predicted octanol–water partition coefficient (Wildman–Crippen LogP) is 6.45. The van der Waals surface area contributed by atoms with E-state index in [9.17, 15) is 14.0 Å². The van der Waals surface area contributed by atoms with Crippen molar-refractivity contribution in [2.45, 2.75) is 92.0 Å². The standard InChI is InChI=1S/C36H49FN6O3/c1-6-43(25(4)5)34(45)28-17-27(37)7-8-31(28)46-33-32(38-23-39-40-33)42-21-36(22-42)13-15-41(16-14-36)20-26-9-11-35(12-10-26)18-29(24(2)3)30(44)19-35/h7-8,17,23,25-26H,6,9-16,18-22H2,1-5H3. The normalized spacial score (nSPS) is 24.5. The molecule has 2 aromatic rings. The molecule has 4 fully saturated rings. The summed E-state index contributed by atoms with van der Waals surface area (Å²) in [6.45, 7) is 15.5. The van der Waals surface area contributed by atoms with E-state index in [4.69, 9.17) is 4.74 Å². The Morgan fingerprint density at radius 3 is 2.43 bits per heavy atom. The van der Waals surface area contributed by atoms with Crippen LogP contribution in [0.15, 0.2) is 35.7 Å². The van der Waals surface area contributed by atoms with E-state index in [0.29, 0.717) is 18.1 Å². The molecule has 0 bridgehead atoms. The highest BCUT2D eigenvalue weighted by molar-refractivity contribution is 5.99. The van der Waals surface area contributed by atoms with Crippen LogP contribution in [0.3, 0.4) is 0 Å². The minimum absolute atomic E-state index is 0.0409. The minimum atomic E-state index is -0.500. The molecule has 0 atom stereocenters. The molecule has 1 amide bonds. The lowest BCUT2D eigenvalue weighted by Gasteiger charge is -2.54. The first-order valence-electron chi connectivity index (χ1n) is 17.1. The fourth-order valence-corrected chi connectivity index (χ4v) is 8.37. The number of benzene rings is 1. The number of aromatic nitrogens is 3. The molecule has 248 valence electrons. The number of nitrogens with zero attached hydrogens (tertiary/aromatic N) is 6. The summed E-state index contributed by atoms with van der Waals surface area (Å²) in [7, 11) is 0. The topological polar surface area (TPSA) is 91.8 Å². The molecule has 0 radical (unpaired) electrons. The van der Waals surface area contributed by atoms with Gasteiger partial charge in [0.2, 0.25) is 0 Å². The number of hydrogen-bond donors (Lipinski definition) is 0. The number of ketones is 1. The maximum Gasteiger partial charge on any atom is 0.282 e. The molecule has 0 N–H and O–H groups in total. The Balaban J connectivity index is 1.03. The number of likely N-dealkylation sites (tertiary alicyclic amines) is 1. The number of anilines is 1. The molecule has 6 rings (SSSR count). The van der Waals surface area contributed by atoms with Crippen LogP contribution in [-0.2, 0) is 4.79 Å². The monoisotopic (exact) mass is 632 g/mol. The van der Waals surface area contributed by atoms with E-state index >= 15 is 0 Å². The molecule has 2 saturated heterocycles. The van der Waals surface area contributed by atoms with Crippen LogP contribution in [0.25, 0.3) is 0 Å². The Morgan fingerprint density at radius 2 is 1.80 bits per heavy atom. The molecule has 2 spiro atoms. The molecular formula is C36H49FN6O3. The molecule has 0 unspecified atom stereocenters. The van der Waals surface area contributed by atoms with Crippen LogP contribution in [0.1, 0.15) is 96.3 Å². The number of carbonyl (C=O) groups excluding carboxylic acids is 2. The van der Waals surface area contributed by atoms with Crippen molar-refractivity contribution in [3.63, 3.8) is 0 Å². The average Bonchev–Trinajstić information content (AvgIpc) is 3.34. The third kappa shape index (κ3) is 6.55. The molecule has 9 nitrogen and oxygen atoms in total. The van der Waals surface area contributed by atoms with Crippen molar-refractivity contribution in [3.8, 4) is 11.6 Å².